The van der Waals surface area contributed by atoms with Crippen molar-refractivity contribution in [3.8, 4) is 0 Å². The zero-order chi connectivity index (χ0) is 10.8. The van der Waals surface area contributed by atoms with Gasteiger partial charge in [0.1, 0.15) is 0 Å². The quantitative estimate of drug-likeness (QED) is 0.636. The van der Waals surface area contributed by atoms with Gasteiger partial charge in [-0.3, -0.25) is 4.79 Å². The molecule has 1 heterocycles. The van der Waals surface area contributed by atoms with E-state index in [0.29, 0.717) is 17.4 Å². The van der Waals surface area contributed by atoms with Crippen LogP contribution < -0.4 is 10.6 Å². The summed E-state index contributed by atoms with van der Waals surface area (Å²) < 4.78 is 0. The van der Waals surface area contributed by atoms with Gasteiger partial charge in [-0.15, -0.1) is 0 Å². The van der Waals surface area contributed by atoms with Crippen LogP contribution in [0.2, 0.25) is 0 Å². The molecule has 0 saturated carbocycles. The number of benzene rings is 1. The summed E-state index contributed by atoms with van der Waals surface area (Å²) in [4.78, 5) is 22.4. The lowest BCUT2D eigenvalue weighted by molar-refractivity contribution is 0.102. The average molecular weight is 269 g/mol. The van der Waals surface area contributed by atoms with Crippen LogP contribution in [0.3, 0.4) is 0 Å². The minimum Gasteiger partial charge on any atom is -0.334 e. The molecule has 0 unspecified atom stereocenters. The van der Waals surface area contributed by atoms with Gasteiger partial charge < -0.3 is 10.6 Å². The molecule has 1 aromatic carbocycles. The number of halogens is 1. The van der Waals surface area contributed by atoms with E-state index >= 15 is 0 Å². The van der Waals surface area contributed by atoms with Gasteiger partial charge in [0.05, 0.1) is 5.33 Å². The Balaban J connectivity index is 2.34. The lowest BCUT2D eigenvalue weighted by Gasteiger charge is -2.18. The van der Waals surface area contributed by atoms with Crippen LogP contribution >= 0.6 is 15.9 Å². The normalized spacial score (nSPS) is 13.8. The summed E-state index contributed by atoms with van der Waals surface area (Å²) in [6.07, 6.45) is 0. The maximum absolute atomic E-state index is 11.4. The largest absolute Gasteiger partial charge is 0.334 e. The van der Waals surface area contributed by atoms with E-state index in [-0.39, 0.29) is 11.8 Å². The first-order valence-corrected chi connectivity index (χ1v) is 5.60. The van der Waals surface area contributed by atoms with Crippen LogP contribution in [0.15, 0.2) is 18.2 Å². The molecule has 5 heteroatoms. The number of fused-ring (bicyclic) bond motifs is 1. The SMILES string of the molecule is O=C1NCc2cc(C(=O)CBr)ccc2N1. The lowest BCUT2D eigenvalue weighted by atomic mass is 10.0. The van der Waals surface area contributed by atoms with Crippen molar-refractivity contribution in [2.24, 2.45) is 0 Å². The van der Waals surface area contributed by atoms with Crippen LogP contribution in [0, 0.1) is 0 Å². The molecule has 2 rings (SSSR count). The highest BCUT2D eigenvalue weighted by Gasteiger charge is 2.15. The molecule has 1 aliphatic rings. The van der Waals surface area contributed by atoms with Gasteiger partial charge in [0.15, 0.2) is 5.78 Å². The van der Waals surface area contributed by atoms with Gasteiger partial charge in [-0.25, -0.2) is 4.79 Å². The highest BCUT2D eigenvalue weighted by molar-refractivity contribution is 9.09. The third-order valence-electron chi connectivity index (χ3n) is 2.24. The Kier molecular flexibility index (Phi) is 2.73. The first kappa shape index (κ1) is 10.2. The predicted octanol–water partition coefficient (Wildman–Crippen LogP) is 1.90. The van der Waals surface area contributed by atoms with Crippen molar-refractivity contribution in [1.82, 2.24) is 5.32 Å². The first-order valence-electron chi connectivity index (χ1n) is 4.47. The highest BCUT2D eigenvalue weighted by Crippen LogP contribution is 2.20. The van der Waals surface area contributed by atoms with Crippen molar-refractivity contribution in [1.29, 1.82) is 0 Å². The molecule has 15 heavy (non-hydrogen) atoms. The van der Waals surface area contributed by atoms with Crippen molar-refractivity contribution in [3.05, 3.63) is 29.3 Å². The Morgan fingerprint density at radius 2 is 2.27 bits per heavy atom. The number of carbonyl (C=O) groups excluding carboxylic acids is 2. The Hall–Kier alpha value is -1.36. The Morgan fingerprint density at radius 3 is 3.00 bits per heavy atom. The van der Waals surface area contributed by atoms with Crippen molar-refractivity contribution >= 4 is 33.4 Å². The number of anilines is 1. The minimum absolute atomic E-state index is 0.0368. The molecule has 0 atom stereocenters. The van der Waals surface area contributed by atoms with E-state index < -0.39 is 0 Å². The van der Waals surface area contributed by atoms with E-state index in [1.54, 1.807) is 18.2 Å². The second-order valence-corrected chi connectivity index (χ2v) is 3.80. The van der Waals surface area contributed by atoms with Gasteiger partial charge in [0, 0.05) is 17.8 Å². The third kappa shape index (κ3) is 2.02. The fraction of sp³-hybridized carbons (Fsp3) is 0.200. The molecule has 1 aromatic rings. The van der Waals surface area contributed by atoms with Crippen LogP contribution in [0.5, 0.6) is 0 Å². The monoisotopic (exact) mass is 268 g/mol. The minimum atomic E-state index is -0.206. The van der Waals surface area contributed by atoms with E-state index in [9.17, 15) is 9.59 Å². The van der Waals surface area contributed by atoms with Gasteiger partial charge >= 0.3 is 6.03 Å². The Labute approximate surface area is 95.2 Å². The molecular formula is C10H9BrN2O2. The summed E-state index contributed by atoms with van der Waals surface area (Å²) in [5, 5.41) is 5.63. The third-order valence-corrected chi connectivity index (χ3v) is 2.75. The zero-order valence-electron chi connectivity index (χ0n) is 7.84. The van der Waals surface area contributed by atoms with Gasteiger partial charge in [-0.1, -0.05) is 15.9 Å². The van der Waals surface area contributed by atoms with E-state index in [1.165, 1.54) is 0 Å². The molecule has 0 fully saturated rings. The molecule has 2 N–H and O–H groups in total. The smallest absolute Gasteiger partial charge is 0.319 e. The number of alkyl halides is 1. The molecule has 0 aromatic heterocycles. The molecule has 0 saturated heterocycles. The molecule has 0 bridgehead atoms. The predicted molar refractivity (Wildman–Crippen MR) is 60.4 cm³/mol. The Morgan fingerprint density at radius 1 is 1.47 bits per heavy atom. The molecule has 0 spiro atoms. The van der Waals surface area contributed by atoms with Gasteiger partial charge in [-0.2, -0.15) is 0 Å². The van der Waals surface area contributed by atoms with Crippen LogP contribution in [-0.4, -0.2) is 17.1 Å². The molecule has 4 nitrogen and oxygen atoms in total. The molecule has 2 amide bonds. The summed E-state index contributed by atoms with van der Waals surface area (Å²) in [6, 6.07) is 5.06. The standard InChI is InChI=1S/C10H9BrN2O2/c11-4-9(14)6-1-2-8-7(3-6)5-12-10(15)13-8/h1-3H,4-5H2,(H2,12,13,15). The summed E-state index contributed by atoms with van der Waals surface area (Å²) in [6.45, 7) is 0.463. The highest BCUT2D eigenvalue weighted by atomic mass is 79.9. The van der Waals surface area contributed by atoms with E-state index in [1.807, 2.05) is 0 Å². The van der Waals surface area contributed by atoms with Crippen molar-refractivity contribution < 1.29 is 9.59 Å². The summed E-state index contributed by atoms with van der Waals surface area (Å²) in [5.41, 5.74) is 2.36. The Bertz CT molecular complexity index is 431. The fourth-order valence-electron chi connectivity index (χ4n) is 1.45. The van der Waals surface area contributed by atoms with Crippen molar-refractivity contribution in [2.75, 3.05) is 10.6 Å². The average Bonchev–Trinajstić information content (AvgIpc) is 2.27. The van der Waals surface area contributed by atoms with Crippen LogP contribution in [0.4, 0.5) is 10.5 Å². The zero-order valence-corrected chi connectivity index (χ0v) is 9.43. The number of hydrogen-bond acceptors (Lipinski definition) is 2. The van der Waals surface area contributed by atoms with Crippen molar-refractivity contribution in [2.45, 2.75) is 6.54 Å². The maximum Gasteiger partial charge on any atom is 0.319 e. The number of amides is 2. The molecule has 0 radical (unpaired) electrons. The molecule has 0 aliphatic carbocycles. The van der Waals surface area contributed by atoms with E-state index in [0.717, 1.165) is 11.3 Å². The summed E-state index contributed by atoms with van der Waals surface area (Å²) in [7, 11) is 0. The fourth-order valence-corrected chi connectivity index (χ4v) is 1.78. The number of hydrogen-bond donors (Lipinski definition) is 2. The van der Waals surface area contributed by atoms with E-state index in [4.69, 9.17) is 0 Å². The second-order valence-electron chi connectivity index (χ2n) is 3.24. The van der Waals surface area contributed by atoms with Gasteiger partial charge in [0.2, 0.25) is 0 Å². The van der Waals surface area contributed by atoms with Crippen LogP contribution in [0.25, 0.3) is 0 Å². The number of ketones is 1. The molecule has 1 aliphatic heterocycles. The first-order chi connectivity index (χ1) is 7.20. The lowest BCUT2D eigenvalue weighted by Crippen LogP contribution is -2.33. The van der Waals surface area contributed by atoms with Gasteiger partial charge in [0.25, 0.3) is 0 Å². The number of nitrogens with one attached hydrogen (secondary N) is 2. The maximum atomic E-state index is 11.4. The summed E-state index contributed by atoms with van der Waals surface area (Å²) in [5.74, 6) is 0.0368. The number of Topliss-reactive ketones (excluding diaryl/α,β-unsaturated/α-hetero) is 1. The van der Waals surface area contributed by atoms with E-state index in [2.05, 4.69) is 26.6 Å². The summed E-state index contributed by atoms with van der Waals surface area (Å²) >= 11 is 3.12. The topological polar surface area (TPSA) is 58.2 Å². The number of urea groups is 1. The van der Waals surface area contributed by atoms with Gasteiger partial charge in [-0.05, 0) is 23.8 Å². The molecular weight excluding hydrogens is 260 g/mol. The second kappa shape index (κ2) is 4.02. The molecule has 78 valence electrons. The van der Waals surface area contributed by atoms with Crippen LogP contribution in [-0.2, 0) is 6.54 Å². The number of carbonyl (C=O) groups is 2. The van der Waals surface area contributed by atoms with Crippen molar-refractivity contribution in [3.63, 3.8) is 0 Å². The van der Waals surface area contributed by atoms with Crippen LogP contribution in [0.1, 0.15) is 15.9 Å². The number of rotatable bonds is 2.